The average molecular weight is 289 g/mol. The van der Waals surface area contributed by atoms with Crippen molar-refractivity contribution in [2.75, 3.05) is 5.88 Å². The van der Waals surface area contributed by atoms with Crippen molar-refractivity contribution in [3.63, 3.8) is 0 Å². The van der Waals surface area contributed by atoms with Gasteiger partial charge < -0.3 is 5.32 Å². The summed E-state index contributed by atoms with van der Waals surface area (Å²) in [5.41, 5.74) is -0.697. The van der Waals surface area contributed by atoms with E-state index in [2.05, 4.69) is 5.32 Å². The first kappa shape index (κ1) is 15.4. The van der Waals surface area contributed by atoms with Crippen LogP contribution in [0.5, 0.6) is 0 Å². The van der Waals surface area contributed by atoms with E-state index in [1.807, 2.05) is 6.92 Å². The normalized spacial score (nSPS) is 11.9. The van der Waals surface area contributed by atoms with E-state index >= 15 is 0 Å². The van der Waals surface area contributed by atoms with Crippen LogP contribution in [0.1, 0.15) is 30.1 Å². The molecule has 0 heterocycles. The Balaban J connectivity index is 2.98. The van der Waals surface area contributed by atoms with Crippen molar-refractivity contribution in [3.8, 4) is 0 Å². The van der Waals surface area contributed by atoms with E-state index < -0.39 is 22.3 Å². The number of amides is 1. The highest BCUT2D eigenvalue weighted by Gasteiger charge is 2.22. The Hall–Kier alpha value is -1.69. The molecule has 0 fully saturated rings. The van der Waals surface area contributed by atoms with Gasteiger partial charge in [0.25, 0.3) is 11.6 Å². The van der Waals surface area contributed by atoms with Gasteiger partial charge in [0.05, 0.1) is 4.92 Å². The van der Waals surface area contributed by atoms with Crippen molar-refractivity contribution in [2.45, 2.75) is 25.8 Å². The van der Waals surface area contributed by atoms with Crippen LogP contribution in [0, 0.1) is 15.9 Å². The summed E-state index contributed by atoms with van der Waals surface area (Å²) in [6, 6.07) is 2.60. The summed E-state index contributed by atoms with van der Waals surface area (Å²) in [4.78, 5) is 22.0. The Morgan fingerprint density at radius 3 is 2.79 bits per heavy atom. The first-order valence-corrected chi connectivity index (χ1v) is 6.33. The molecule has 1 amide bonds. The molecule has 1 atom stereocenters. The fraction of sp³-hybridized carbons (Fsp3) is 0.417. The third-order valence-electron chi connectivity index (χ3n) is 2.69. The predicted molar refractivity (Wildman–Crippen MR) is 69.9 cm³/mol. The van der Waals surface area contributed by atoms with Crippen molar-refractivity contribution >= 4 is 23.2 Å². The highest BCUT2D eigenvalue weighted by Crippen LogP contribution is 2.19. The molecular weight excluding hydrogens is 275 g/mol. The fourth-order valence-corrected chi connectivity index (χ4v) is 1.89. The van der Waals surface area contributed by atoms with E-state index in [0.717, 1.165) is 18.2 Å². The predicted octanol–water partition coefficient (Wildman–Crippen LogP) is 2.87. The number of nitro groups is 1. The van der Waals surface area contributed by atoms with Gasteiger partial charge >= 0.3 is 0 Å². The molecule has 0 aliphatic heterocycles. The lowest BCUT2D eigenvalue weighted by Crippen LogP contribution is -2.35. The highest BCUT2D eigenvalue weighted by molar-refractivity contribution is 6.17. The number of rotatable bonds is 6. The van der Waals surface area contributed by atoms with Crippen LogP contribution in [0.4, 0.5) is 10.1 Å². The zero-order valence-corrected chi connectivity index (χ0v) is 11.1. The summed E-state index contributed by atoms with van der Waals surface area (Å²) in [6.45, 7) is 1.86. The molecule has 0 spiro atoms. The molecule has 0 aromatic heterocycles. The zero-order chi connectivity index (χ0) is 14.4. The quantitative estimate of drug-likeness (QED) is 0.497. The third-order valence-corrected chi connectivity index (χ3v) is 2.90. The Labute approximate surface area is 114 Å². The van der Waals surface area contributed by atoms with Crippen LogP contribution in [-0.4, -0.2) is 22.8 Å². The lowest BCUT2D eigenvalue weighted by molar-refractivity contribution is -0.385. The molecule has 1 N–H and O–H groups in total. The van der Waals surface area contributed by atoms with Crippen molar-refractivity contribution in [1.82, 2.24) is 5.32 Å². The number of nitrogens with one attached hydrogen (secondary N) is 1. The van der Waals surface area contributed by atoms with Gasteiger partial charge in [0.1, 0.15) is 11.4 Å². The molecule has 5 nitrogen and oxygen atoms in total. The van der Waals surface area contributed by atoms with Gasteiger partial charge in [-0.3, -0.25) is 14.9 Å². The molecule has 0 aliphatic carbocycles. The van der Waals surface area contributed by atoms with Gasteiger partial charge in [-0.25, -0.2) is 4.39 Å². The van der Waals surface area contributed by atoms with Gasteiger partial charge in [0, 0.05) is 18.0 Å². The smallest absolute Gasteiger partial charge is 0.282 e. The molecule has 1 rings (SSSR count). The van der Waals surface area contributed by atoms with Gasteiger partial charge in [0.2, 0.25) is 0 Å². The van der Waals surface area contributed by atoms with Crippen LogP contribution in [0.2, 0.25) is 0 Å². The molecule has 1 aromatic carbocycles. The fourth-order valence-electron chi connectivity index (χ4n) is 1.62. The lowest BCUT2D eigenvalue weighted by atomic mass is 10.1. The zero-order valence-electron chi connectivity index (χ0n) is 10.4. The van der Waals surface area contributed by atoms with Gasteiger partial charge in [-0.15, -0.1) is 11.6 Å². The number of hydrogen-bond acceptors (Lipinski definition) is 3. The van der Waals surface area contributed by atoms with E-state index in [-0.39, 0.29) is 11.6 Å². The summed E-state index contributed by atoms with van der Waals surface area (Å²) < 4.78 is 13.1. The Morgan fingerprint density at radius 1 is 1.58 bits per heavy atom. The standard InChI is InChI=1S/C12H14ClFN2O3/c1-2-9(5-6-13)15-12(17)10-7-8(14)3-4-11(10)16(18)19/h3-4,7,9H,2,5-6H2,1H3,(H,15,17). The van der Waals surface area contributed by atoms with E-state index in [4.69, 9.17) is 11.6 Å². The SMILES string of the molecule is CCC(CCCl)NC(=O)c1cc(F)ccc1[N+](=O)[O-]. The second kappa shape index (κ2) is 7.04. The van der Waals surface area contributed by atoms with Crippen molar-refractivity contribution in [1.29, 1.82) is 0 Å². The topological polar surface area (TPSA) is 72.2 Å². The van der Waals surface area contributed by atoms with Gasteiger partial charge in [-0.2, -0.15) is 0 Å². The van der Waals surface area contributed by atoms with Crippen LogP contribution in [0.3, 0.4) is 0 Å². The minimum Gasteiger partial charge on any atom is -0.349 e. The number of carbonyl (C=O) groups is 1. The maximum atomic E-state index is 13.1. The van der Waals surface area contributed by atoms with Crippen molar-refractivity contribution in [3.05, 3.63) is 39.7 Å². The van der Waals surface area contributed by atoms with Crippen LogP contribution < -0.4 is 5.32 Å². The maximum Gasteiger partial charge on any atom is 0.282 e. The molecule has 0 saturated heterocycles. The summed E-state index contributed by atoms with van der Waals surface area (Å²) in [6.07, 6.45) is 1.19. The number of alkyl halides is 1. The van der Waals surface area contributed by atoms with Crippen molar-refractivity contribution in [2.24, 2.45) is 0 Å². The lowest BCUT2D eigenvalue weighted by Gasteiger charge is -2.15. The summed E-state index contributed by atoms with van der Waals surface area (Å²) in [5, 5.41) is 13.4. The van der Waals surface area contributed by atoms with Gasteiger partial charge in [-0.1, -0.05) is 6.92 Å². The number of halogens is 2. The highest BCUT2D eigenvalue weighted by atomic mass is 35.5. The summed E-state index contributed by atoms with van der Waals surface area (Å²) in [7, 11) is 0. The molecule has 0 saturated carbocycles. The molecule has 0 radical (unpaired) electrons. The molecule has 0 bridgehead atoms. The minimum absolute atomic E-state index is 0.187. The monoisotopic (exact) mass is 288 g/mol. The first-order valence-electron chi connectivity index (χ1n) is 5.80. The van der Waals surface area contributed by atoms with E-state index in [1.165, 1.54) is 0 Å². The molecule has 0 aliphatic rings. The third kappa shape index (κ3) is 4.17. The van der Waals surface area contributed by atoms with Crippen LogP contribution in [-0.2, 0) is 0 Å². The molecule has 1 unspecified atom stereocenters. The van der Waals surface area contributed by atoms with Crippen molar-refractivity contribution < 1.29 is 14.1 Å². The summed E-state index contributed by atoms with van der Waals surface area (Å²) >= 11 is 5.59. The molecule has 7 heteroatoms. The molecular formula is C12H14ClFN2O3. The second-order valence-corrected chi connectivity index (χ2v) is 4.35. The van der Waals surface area contributed by atoms with E-state index in [0.29, 0.717) is 18.7 Å². The minimum atomic E-state index is -0.711. The molecule has 104 valence electrons. The van der Waals surface area contributed by atoms with E-state index in [1.54, 1.807) is 0 Å². The van der Waals surface area contributed by atoms with E-state index in [9.17, 15) is 19.3 Å². The number of carbonyl (C=O) groups excluding carboxylic acids is 1. The Kier molecular flexibility index (Phi) is 5.69. The number of nitrogens with zero attached hydrogens (tertiary/aromatic N) is 1. The molecule has 19 heavy (non-hydrogen) atoms. The second-order valence-electron chi connectivity index (χ2n) is 3.97. The summed E-state index contributed by atoms with van der Waals surface area (Å²) in [5.74, 6) is -0.992. The molecule has 1 aromatic rings. The van der Waals surface area contributed by atoms with Crippen LogP contribution in [0.25, 0.3) is 0 Å². The average Bonchev–Trinajstić information content (AvgIpc) is 2.37. The van der Waals surface area contributed by atoms with Gasteiger partial charge in [0.15, 0.2) is 0 Å². The number of nitro benzene ring substituents is 1. The largest absolute Gasteiger partial charge is 0.349 e. The maximum absolute atomic E-state index is 13.1. The Morgan fingerprint density at radius 2 is 2.26 bits per heavy atom. The number of benzene rings is 1. The van der Waals surface area contributed by atoms with Gasteiger partial charge in [-0.05, 0) is 25.0 Å². The van der Waals surface area contributed by atoms with Crippen LogP contribution >= 0.6 is 11.6 Å². The Bertz CT molecular complexity index is 482. The number of hydrogen-bond donors (Lipinski definition) is 1. The first-order chi connectivity index (χ1) is 8.99. The van der Waals surface area contributed by atoms with Crippen LogP contribution in [0.15, 0.2) is 18.2 Å².